The summed E-state index contributed by atoms with van der Waals surface area (Å²) in [6, 6.07) is 0. The molecule has 0 aliphatic carbocycles. The summed E-state index contributed by atoms with van der Waals surface area (Å²) in [6.45, 7) is 0.800. The van der Waals surface area contributed by atoms with Crippen LogP contribution in [-0.4, -0.2) is 55.8 Å². The molecular formula is C13H20N3O8P. The van der Waals surface area contributed by atoms with Gasteiger partial charge in [0, 0.05) is 25.2 Å². The van der Waals surface area contributed by atoms with E-state index >= 15 is 0 Å². The van der Waals surface area contributed by atoms with E-state index in [2.05, 4.69) is 9.84 Å². The Kier molecular flexibility index (Phi) is 6.44. The second kappa shape index (κ2) is 8.17. The molecule has 1 aliphatic rings. The maximum absolute atomic E-state index is 12.5. The van der Waals surface area contributed by atoms with Crippen molar-refractivity contribution in [2.45, 2.75) is 38.3 Å². The van der Waals surface area contributed by atoms with Crippen LogP contribution in [-0.2, 0) is 20.6 Å². The number of aryl methyl sites for hydroxylation is 1. The molecule has 0 saturated carbocycles. The van der Waals surface area contributed by atoms with Gasteiger partial charge in [0.2, 0.25) is 5.91 Å². The number of carbonyl (C=O) groups excluding carboxylic acids is 1. The van der Waals surface area contributed by atoms with Crippen LogP contribution in [0.3, 0.4) is 0 Å². The van der Waals surface area contributed by atoms with Gasteiger partial charge in [0.15, 0.2) is 0 Å². The van der Waals surface area contributed by atoms with Gasteiger partial charge in [-0.2, -0.15) is 0 Å². The maximum atomic E-state index is 12.5. The van der Waals surface area contributed by atoms with E-state index in [-0.39, 0.29) is 18.6 Å². The molecule has 25 heavy (non-hydrogen) atoms. The van der Waals surface area contributed by atoms with E-state index < -0.39 is 50.7 Å². The molecule has 3 atom stereocenters. The highest BCUT2D eigenvalue weighted by Crippen LogP contribution is 2.31. The van der Waals surface area contributed by atoms with E-state index in [1.54, 1.807) is 0 Å². The Hall–Kier alpha value is -1.62. The van der Waals surface area contributed by atoms with Crippen LogP contribution in [0.1, 0.15) is 18.2 Å². The molecule has 0 unspecified atom stereocenters. The zero-order chi connectivity index (χ0) is 18.7. The van der Waals surface area contributed by atoms with Crippen molar-refractivity contribution >= 4 is 14.5 Å². The van der Waals surface area contributed by atoms with Crippen LogP contribution in [0.5, 0.6) is 0 Å². The summed E-state index contributed by atoms with van der Waals surface area (Å²) in [5.74, 6) is -0.505. The predicted octanol–water partition coefficient (Wildman–Crippen LogP) is -2.06. The fraction of sp³-hybridized carbons (Fsp3) is 0.615. The second-order valence-corrected chi connectivity index (χ2v) is 6.31. The first-order valence-electron chi connectivity index (χ1n) is 7.42. The number of ether oxygens (including phenoxy) is 1. The largest absolute Gasteiger partial charge is 0.390 e. The average Bonchev–Trinajstić information content (AvgIpc) is 2.93. The Morgan fingerprint density at radius 3 is 2.76 bits per heavy atom. The Balaban J connectivity index is 2.29. The normalized spacial score (nSPS) is 23.2. The molecule has 1 aromatic rings. The van der Waals surface area contributed by atoms with E-state index in [9.17, 15) is 19.5 Å². The number of aliphatic hydroxyl groups is 1. The van der Waals surface area contributed by atoms with Gasteiger partial charge in [0.1, 0.15) is 18.9 Å². The van der Waals surface area contributed by atoms with Gasteiger partial charge in [-0.05, 0) is 6.92 Å². The lowest BCUT2D eigenvalue weighted by molar-refractivity contribution is -0.121. The summed E-state index contributed by atoms with van der Waals surface area (Å²) in [4.78, 5) is 53.7. The molecule has 0 bridgehead atoms. The van der Waals surface area contributed by atoms with Crippen molar-refractivity contribution in [3.8, 4) is 0 Å². The van der Waals surface area contributed by atoms with Crippen molar-refractivity contribution in [1.29, 1.82) is 0 Å². The number of aliphatic hydroxyl groups excluding tert-OH is 1. The van der Waals surface area contributed by atoms with Crippen LogP contribution in [0.15, 0.2) is 15.8 Å². The molecule has 140 valence electrons. The molecule has 1 fully saturated rings. The topological polar surface area (TPSA) is 152 Å². The molecule has 1 aliphatic heterocycles. The molecule has 12 heteroatoms. The van der Waals surface area contributed by atoms with Gasteiger partial charge in [0.05, 0.1) is 12.7 Å². The number of nitrogens with one attached hydrogen (secondary N) is 1. The first kappa shape index (κ1) is 19.7. The number of rotatable bonds is 6. The van der Waals surface area contributed by atoms with Crippen LogP contribution in [0, 0.1) is 6.92 Å². The Morgan fingerprint density at radius 2 is 2.16 bits per heavy atom. The molecule has 4 N–H and O–H groups in total. The second-order valence-electron chi connectivity index (χ2n) is 5.55. The lowest BCUT2D eigenvalue weighted by Crippen LogP contribution is -2.45. The Bertz CT molecular complexity index is 746. The van der Waals surface area contributed by atoms with Crippen LogP contribution in [0.2, 0.25) is 0 Å². The monoisotopic (exact) mass is 377 g/mol. The third kappa shape index (κ3) is 4.51. The summed E-state index contributed by atoms with van der Waals surface area (Å²) in [7, 11) is -1.20. The number of nitrogens with zero attached hydrogens (tertiary/aromatic N) is 2. The molecule has 11 nitrogen and oxygen atoms in total. The molecule has 1 saturated heterocycles. The van der Waals surface area contributed by atoms with Crippen molar-refractivity contribution in [1.82, 2.24) is 14.5 Å². The van der Waals surface area contributed by atoms with Crippen molar-refractivity contribution in [3.63, 3.8) is 0 Å². The Labute approximate surface area is 143 Å². The zero-order valence-corrected chi connectivity index (χ0v) is 14.5. The standard InChI is InChI=1S/C13H20N3O8P/c1-7-4-15(13(20)16(12(7)19)5-10(18)14-2)11-3-8(17)9(24-11)6-23-25(21)22/h4,8-9,11,17,21-22H,3,5-6H2,1-2H3,(H,14,18)/t8-,9+,11+/m0/s1. The molecule has 2 heterocycles. The number of hydrogen-bond donors (Lipinski definition) is 4. The highest BCUT2D eigenvalue weighted by atomic mass is 31.2. The van der Waals surface area contributed by atoms with Crippen molar-refractivity contribution < 1.29 is 28.9 Å². The number of aromatic nitrogens is 2. The quantitative estimate of drug-likeness (QED) is 0.413. The third-order valence-electron chi connectivity index (χ3n) is 3.82. The molecule has 1 aromatic heterocycles. The molecule has 0 radical (unpaired) electrons. The molecule has 2 rings (SSSR count). The SMILES string of the molecule is CNC(=O)Cn1c(=O)c(C)cn([C@H]2C[C@H](O)[C@@H](COP(O)O)O2)c1=O. The summed E-state index contributed by atoms with van der Waals surface area (Å²) in [5.41, 5.74) is -1.10. The lowest BCUT2D eigenvalue weighted by Gasteiger charge is -2.18. The van der Waals surface area contributed by atoms with Crippen molar-refractivity contribution in [2.75, 3.05) is 13.7 Å². The maximum Gasteiger partial charge on any atom is 0.333 e. The van der Waals surface area contributed by atoms with Gasteiger partial charge in [-0.15, -0.1) is 0 Å². The van der Waals surface area contributed by atoms with E-state index in [0.29, 0.717) is 0 Å². The number of likely N-dealkylation sites (N-methyl/N-ethyl adjacent to an activating group) is 1. The van der Waals surface area contributed by atoms with E-state index in [1.807, 2.05) is 0 Å². The zero-order valence-electron chi connectivity index (χ0n) is 13.7. The third-order valence-corrected chi connectivity index (χ3v) is 4.20. The minimum atomic E-state index is -2.59. The minimum Gasteiger partial charge on any atom is -0.390 e. The van der Waals surface area contributed by atoms with Crippen molar-refractivity contribution in [3.05, 3.63) is 32.6 Å². The van der Waals surface area contributed by atoms with E-state index in [0.717, 1.165) is 9.13 Å². The first-order chi connectivity index (χ1) is 11.7. The van der Waals surface area contributed by atoms with Gasteiger partial charge in [-0.1, -0.05) is 0 Å². The van der Waals surface area contributed by atoms with Crippen LogP contribution >= 0.6 is 8.60 Å². The summed E-state index contributed by atoms with van der Waals surface area (Å²) in [5, 5.41) is 12.3. The smallest absolute Gasteiger partial charge is 0.333 e. The van der Waals surface area contributed by atoms with E-state index in [4.69, 9.17) is 14.5 Å². The van der Waals surface area contributed by atoms with Gasteiger partial charge in [0.25, 0.3) is 5.56 Å². The molecule has 1 amide bonds. The minimum absolute atomic E-state index is 0.0420. The fourth-order valence-electron chi connectivity index (χ4n) is 2.50. The average molecular weight is 377 g/mol. The molecule has 0 aromatic carbocycles. The molecule has 0 spiro atoms. The lowest BCUT2D eigenvalue weighted by atomic mass is 10.2. The fourth-order valence-corrected chi connectivity index (χ4v) is 2.78. The predicted molar refractivity (Wildman–Crippen MR) is 85.6 cm³/mol. The van der Waals surface area contributed by atoms with E-state index in [1.165, 1.54) is 20.2 Å². The van der Waals surface area contributed by atoms with Gasteiger partial charge in [-0.3, -0.25) is 18.7 Å². The molecular weight excluding hydrogens is 357 g/mol. The number of amides is 1. The Morgan fingerprint density at radius 1 is 1.48 bits per heavy atom. The van der Waals surface area contributed by atoms with Crippen molar-refractivity contribution in [2.24, 2.45) is 0 Å². The van der Waals surface area contributed by atoms with Crippen LogP contribution in [0.4, 0.5) is 0 Å². The van der Waals surface area contributed by atoms with Gasteiger partial charge in [-0.25, -0.2) is 4.79 Å². The van der Waals surface area contributed by atoms with Gasteiger partial charge < -0.3 is 29.5 Å². The first-order valence-corrected chi connectivity index (χ1v) is 8.58. The number of hydrogen-bond acceptors (Lipinski definition) is 8. The summed E-state index contributed by atoms with van der Waals surface area (Å²) >= 11 is 0. The highest BCUT2D eigenvalue weighted by Gasteiger charge is 2.36. The van der Waals surface area contributed by atoms with Crippen LogP contribution in [0.25, 0.3) is 0 Å². The number of carbonyl (C=O) groups is 1. The summed E-state index contributed by atoms with van der Waals surface area (Å²) in [6.07, 6.45) is -1.39. The highest BCUT2D eigenvalue weighted by molar-refractivity contribution is 7.39. The van der Waals surface area contributed by atoms with Crippen LogP contribution < -0.4 is 16.6 Å². The summed E-state index contributed by atoms with van der Waals surface area (Å²) < 4.78 is 12.1. The van der Waals surface area contributed by atoms with Gasteiger partial charge >= 0.3 is 14.3 Å².